The zero-order valence-corrected chi connectivity index (χ0v) is 12.8. The summed E-state index contributed by atoms with van der Waals surface area (Å²) < 4.78 is 5.96. The molecule has 1 atom stereocenters. The van der Waals surface area contributed by atoms with Gasteiger partial charge < -0.3 is 15.0 Å². The highest BCUT2D eigenvalue weighted by molar-refractivity contribution is 9.10. The number of carbonyl (C=O) groups excluding carboxylic acids is 1. The van der Waals surface area contributed by atoms with Crippen molar-refractivity contribution >= 4 is 27.5 Å². The molecular weight excluding hydrogens is 322 g/mol. The first-order valence-corrected chi connectivity index (χ1v) is 7.24. The highest BCUT2D eigenvalue weighted by atomic mass is 79.9. The third-order valence-corrected chi connectivity index (χ3v) is 3.82. The van der Waals surface area contributed by atoms with Gasteiger partial charge in [-0.3, -0.25) is 4.79 Å². The molecule has 1 saturated heterocycles. The fourth-order valence-corrected chi connectivity index (χ4v) is 2.53. The first-order valence-electron chi connectivity index (χ1n) is 6.44. The number of nitrogens with one attached hydrogen (secondary N) is 1. The van der Waals surface area contributed by atoms with Gasteiger partial charge in [-0.2, -0.15) is 5.26 Å². The molecule has 0 aliphatic carbocycles. The Labute approximate surface area is 126 Å². The molecule has 1 heterocycles. The summed E-state index contributed by atoms with van der Waals surface area (Å²) in [6, 6.07) is 7.10. The largest absolute Gasteiger partial charge is 0.378 e. The molecule has 0 aromatic heterocycles. The fourth-order valence-electron chi connectivity index (χ4n) is 2.06. The molecule has 1 fully saturated rings. The number of carbonyl (C=O) groups is 1. The van der Waals surface area contributed by atoms with Crippen LogP contribution in [0.2, 0.25) is 0 Å². The summed E-state index contributed by atoms with van der Waals surface area (Å²) in [5.74, 6) is 0.0637. The molecule has 0 spiro atoms. The molecule has 106 valence electrons. The van der Waals surface area contributed by atoms with E-state index in [-0.39, 0.29) is 11.9 Å². The summed E-state index contributed by atoms with van der Waals surface area (Å²) in [6.07, 6.45) is 0. The van der Waals surface area contributed by atoms with Gasteiger partial charge in [-0.05, 0) is 41.1 Å². The van der Waals surface area contributed by atoms with Crippen molar-refractivity contribution in [2.45, 2.75) is 13.0 Å². The van der Waals surface area contributed by atoms with Crippen molar-refractivity contribution in [3.63, 3.8) is 0 Å². The van der Waals surface area contributed by atoms with Crippen molar-refractivity contribution in [1.29, 1.82) is 5.26 Å². The van der Waals surface area contributed by atoms with E-state index in [1.807, 2.05) is 13.0 Å². The number of hydrogen-bond donors (Lipinski definition) is 1. The number of hydrogen-bond acceptors (Lipinski definition) is 4. The molecule has 1 aromatic carbocycles. The van der Waals surface area contributed by atoms with Crippen LogP contribution in [0, 0.1) is 11.3 Å². The Morgan fingerprint density at radius 2 is 2.20 bits per heavy atom. The van der Waals surface area contributed by atoms with Crippen LogP contribution in [0.4, 0.5) is 5.69 Å². The van der Waals surface area contributed by atoms with E-state index in [0.717, 1.165) is 10.2 Å². The van der Waals surface area contributed by atoms with Gasteiger partial charge in [0.05, 0.1) is 18.8 Å². The van der Waals surface area contributed by atoms with Crippen LogP contribution in [0.15, 0.2) is 22.7 Å². The lowest BCUT2D eigenvalue weighted by Crippen LogP contribution is -2.46. The van der Waals surface area contributed by atoms with Crippen LogP contribution in [0.5, 0.6) is 0 Å². The molecule has 0 bridgehead atoms. The Balaban J connectivity index is 2.00. The van der Waals surface area contributed by atoms with Crippen LogP contribution >= 0.6 is 15.9 Å². The number of halogens is 1. The molecule has 1 unspecified atom stereocenters. The second kappa shape index (κ2) is 6.73. The second-order valence-corrected chi connectivity index (χ2v) is 5.46. The van der Waals surface area contributed by atoms with Crippen LogP contribution in [0.1, 0.15) is 12.5 Å². The topological polar surface area (TPSA) is 65.4 Å². The lowest BCUT2D eigenvalue weighted by molar-refractivity contribution is -0.135. The summed E-state index contributed by atoms with van der Waals surface area (Å²) in [6.45, 7) is 4.31. The van der Waals surface area contributed by atoms with E-state index in [0.29, 0.717) is 31.9 Å². The third kappa shape index (κ3) is 3.50. The molecule has 1 aromatic rings. The molecule has 6 heteroatoms. The number of ether oxygens (including phenoxy) is 1. The normalized spacial score (nSPS) is 16.4. The highest BCUT2D eigenvalue weighted by Crippen LogP contribution is 2.21. The highest BCUT2D eigenvalue weighted by Gasteiger charge is 2.22. The van der Waals surface area contributed by atoms with Gasteiger partial charge in [-0.15, -0.1) is 0 Å². The van der Waals surface area contributed by atoms with E-state index in [4.69, 9.17) is 10.00 Å². The Morgan fingerprint density at radius 3 is 2.80 bits per heavy atom. The molecule has 2 rings (SSSR count). The van der Waals surface area contributed by atoms with Gasteiger partial charge in [0.25, 0.3) is 0 Å². The number of anilines is 1. The van der Waals surface area contributed by atoms with E-state index < -0.39 is 0 Å². The minimum atomic E-state index is -0.312. The van der Waals surface area contributed by atoms with Crippen LogP contribution in [-0.4, -0.2) is 43.2 Å². The number of benzene rings is 1. The minimum absolute atomic E-state index is 0.0637. The summed E-state index contributed by atoms with van der Waals surface area (Å²) in [4.78, 5) is 14.1. The van der Waals surface area contributed by atoms with Crippen molar-refractivity contribution in [2.24, 2.45) is 0 Å². The van der Waals surface area contributed by atoms with Gasteiger partial charge in [-0.25, -0.2) is 0 Å². The van der Waals surface area contributed by atoms with Gasteiger partial charge in [0.15, 0.2) is 0 Å². The molecule has 1 N–H and O–H groups in total. The van der Waals surface area contributed by atoms with Crippen molar-refractivity contribution < 1.29 is 9.53 Å². The number of nitrogens with zero attached hydrogens (tertiary/aromatic N) is 2. The van der Waals surface area contributed by atoms with E-state index in [9.17, 15) is 4.79 Å². The Hall–Kier alpha value is -1.58. The Morgan fingerprint density at radius 1 is 1.50 bits per heavy atom. The summed E-state index contributed by atoms with van der Waals surface area (Å²) in [7, 11) is 0. The lowest BCUT2D eigenvalue weighted by Gasteiger charge is -2.29. The predicted octanol–water partition coefficient (Wildman–Crippen LogP) is 1.98. The van der Waals surface area contributed by atoms with Crippen LogP contribution < -0.4 is 5.32 Å². The van der Waals surface area contributed by atoms with Gasteiger partial charge >= 0.3 is 0 Å². The Bertz CT molecular complexity index is 536. The smallest absolute Gasteiger partial charge is 0.244 e. The molecule has 1 aliphatic heterocycles. The fraction of sp³-hybridized carbons (Fsp3) is 0.429. The average molecular weight is 338 g/mol. The van der Waals surface area contributed by atoms with E-state index in [1.165, 1.54) is 0 Å². The van der Waals surface area contributed by atoms with Crippen molar-refractivity contribution in [3.8, 4) is 6.07 Å². The van der Waals surface area contributed by atoms with E-state index in [2.05, 4.69) is 27.3 Å². The van der Waals surface area contributed by atoms with Gasteiger partial charge in [-0.1, -0.05) is 0 Å². The zero-order valence-electron chi connectivity index (χ0n) is 11.2. The second-order valence-electron chi connectivity index (χ2n) is 4.61. The van der Waals surface area contributed by atoms with Crippen molar-refractivity contribution in [3.05, 3.63) is 28.2 Å². The molecule has 0 radical (unpaired) electrons. The van der Waals surface area contributed by atoms with E-state index in [1.54, 1.807) is 17.0 Å². The van der Waals surface area contributed by atoms with Crippen LogP contribution in [0.25, 0.3) is 0 Å². The molecule has 1 aliphatic rings. The van der Waals surface area contributed by atoms with Gasteiger partial charge in [0.2, 0.25) is 5.91 Å². The SMILES string of the molecule is CC(Nc1ccc(C#N)c(Br)c1)C(=O)N1CCOCC1. The maximum absolute atomic E-state index is 12.3. The summed E-state index contributed by atoms with van der Waals surface area (Å²) >= 11 is 3.34. The number of amides is 1. The van der Waals surface area contributed by atoms with Crippen molar-refractivity contribution in [1.82, 2.24) is 4.90 Å². The average Bonchev–Trinajstić information content (AvgIpc) is 2.47. The molecule has 20 heavy (non-hydrogen) atoms. The molecule has 5 nitrogen and oxygen atoms in total. The third-order valence-electron chi connectivity index (χ3n) is 3.17. The quantitative estimate of drug-likeness (QED) is 0.915. The maximum Gasteiger partial charge on any atom is 0.244 e. The van der Waals surface area contributed by atoms with E-state index >= 15 is 0 Å². The monoisotopic (exact) mass is 337 g/mol. The molecule has 0 saturated carbocycles. The maximum atomic E-state index is 12.3. The van der Waals surface area contributed by atoms with Crippen molar-refractivity contribution in [2.75, 3.05) is 31.6 Å². The lowest BCUT2D eigenvalue weighted by atomic mass is 10.2. The van der Waals surface area contributed by atoms with Crippen LogP contribution in [-0.2, 0) is 9.53 Å². The Kier molecular flexibility index (Phi) is 4.99. The summed E-state index contributed by atoms with van der Waals surface area (Å²) in [5, 5.41) is 12.0. The zero-order chi connectivity index (χ0) is 14.5. The minimum Gasteiger partial charge on any atom is -0.378 e. The van der Waals surface area contributed by atoms with Crippen LogP contribution in [0.3, 0.4) is 0 Å². The summed E-state index contributed by atoms with van der Waals surface area (Å²) in [5.41, 5.74) is 1.38. The molecule has 1 amide bonds. The number of nitriles is 1. The first-order chi connectivity index (χ1) is 9.61. The number of morpholine rings is 1. The number of rotatable bonds is 3. The molecular formula is C14H16BrN3O2. The standard InChI is InChI=1S/C14H16BrN3O2/c1-10(14(19)18-4-6-20-7-5-18)17-12-3-2-11(9-16)13(15)8-12/h2-3,8,10,17H,4-7H2,1H3. The van der Waals surface area contributed by atoms with Gasteiger partial charge in [0.1, 0.15) is 12.1 Å². The first kappa shape index (κ1) is 14.8. The predicted molar refractivity (Wildman–Crippen MR) is 79.3 cm³/mol. The van der Waals surface area contributed by atoms with Gasteiger partial charge in [0, 0.05) is 23.2 Å².